The molecule has 0 aliphatic heterocycles. The maximum atomic E-state index is 11.2. The van der Waals surface area contributed by atoms with Gasteiger partial charge in [0.05, 0.1) is 6.20 Å². The van der Waals surface area contributed by atoms with Crippen LogP contribution in [0.2, 0.25) is 5.02 Å². The number of fused-ring (bicyclic) bond motifs is 1. The van der Waals surface area contributed by atoms with E-state index in [1.54, 1.807) is 29.0 Å². The largest absolute Gasteiger partial charge is 0.478 e. The third kappa shape index (κ3) is 2.17. The van der Waals surface area contributed by atoms with Gasteiger partial charge in [0.1, 0.15) is 16.8 Å². The lowest BCUT2D eigenvalue weighted by Crippen LogP contribution is -2.01. The number of hydrogen-bond donors (Lipinski definition) is 1. The number of aromatic nitrogens is 3. The van der Waals surface area contributed by atoms with Crippen molar-refractivity contribution in [3.63, 3.8) is 0 Å². The molecule has 0 amide bonds. The molecule has 0 aliphatic rings. The predicted molar refractivity (Wildman–Crippen MR) is 71.5 cm³/mol. The maximum absolute atomic E-state index is 11.2. The number of rotatable bonds is 3. The third-order valence-corrected chi connectivity index (χ3v) is 2.90. The molecular formula is C13H8ClN3O3. The van der Waals surface area contributed by atoms with E-state index in [1.165, 1.54) is 18.3 Å². The number of aromatic carboxylic acids is 1. The van der Waals surface area contributed by atoms with Gasteiger partial charge in [-0.05, 0) is 24.3 Å². The monoisotopic (exact) mass is 289 g/mol. The van der Waals surface area contributed by atoms with E-state index in [0.717, 1.165) is 0 Å². The Bertz CT molecular complexity index is 800. The molecule has 0 bridgehead atoms. The lowest BCUT2D eigenvalue weighted by Gasteiger charge is -2.09. The number of nitrogens with zero attached hydrogens (tertiary/aromatic N) is 3. The summed E-state index contributed by atoms with van der Waals surface area (Å²) in [5, 5.41) is 13.5. The number of benzene rings is 1. The zero-order valence-electron chi connectivity index (χ0n) is 10.0. The van der Waals surface area contributed by atoms with Crippen LogP contribution < -0.4 is 4.74 Å². The van der Waals surface area contributed by atoms with Gasteiger partial charge >= 0.3 is 5.97 Å². The van der Waals surface area contributed by atoms with Gasteiger partial charge in [0.2, 0.25) is 5.88 Å². The Morgan fingerprint density at radius 2 is 2.15 bits per heavy atom. The van der Waals surface area contributed by atoms with Crippen molar-refractivity contribution in [2.24, 2.45) is 0 Å². The smallest absolute Gasteiger partial charge is 0.339 e. The molecule has 100 valence electrons. The van der Waals surface area contributed by atoms with Crippen molar-refractivity contribution >= 4 is 23.1 Å². The molecule has 7 heteroatoms. The van der Waals surface area contributed by atoms with E-state index in [1.807, 2.05) is 0 Å². The fraction of sp³-hybridized carbons (Fsp3) is 0. The quantitative estimate of drug-likeness (QED) is 0.802. The lowest BCUT2D eigenvalue weighted by atomic mass is 10.2. The SMILES string of the molecule is O=C(O)c1cc(Cl)ccc1Oc1nccn2nccc12. The molecule has 0 aliphatic carbocycles. The van der Waals surface area contributed by atoms with Crippen LogP contribution in [0.5, 0.6) is 11.6 Å². The minimum Gasteiger partial charge on any atom is -0.478 e. The molecule has 2 heterocycles. The molecule has 0 atom stereocenters. The van der Waals surface area contributed by atoms with E-state index < -0.39 is 5.97 Å². The Morgan fingerprint density at radius 1 is 1.30 bits per heavy atom. The van der Waals surface area contributed by atoms with Crippen molar-refractivity contribution < 1.29 is 14.6 Å². The standard InChI is InChI=1S/C13H8ClN3O3/c14-8-1-2-11(9(7-8)13(18)19)20-12-10-3-4-16-17(10)6-5-15-12/h1-7H,(H,18,19). The first-order valence-corrected chi connectivity index (χ1v) is 6.02. The van der Waals surface area contributed by atoms with Crippen LogP contribution in [0.1, 0.15) is 10.4 Å². The summed E-state index contributed by atoms with van der Waals surface area (Å²) < 4.78 is 7.17. The average molecular weight is 290 g/mol. The molecule has 3 rings (SSSR count). The van der Waals surface area contributed by atoms with Gasteiger partial charge in [0, 0.05) is 17.4 Å². The second-order valence-electron chi connectivity index (χ2n) is 3.94. The fourth-order valence-electron chi connectivity index (χ4n) is 1.77. The average Bonchev–Trinajstić information content (AvgIpc) is 2.90. The maximum Gasteiger partial charge on any atom is 0.339 e. The van der Waals surface area contributed by atoms with E-state index >= 15 is 0 Å². The molecular weight excluding hydrogens is 282 g/mol. The number of ether oxygens (including phenoxy) is 1. The molecule has 6 nitrogen and oxygen atoms in total. The topological polar surface area (TPSA) is 76.7 Å². The van der Waals surface area contributed by atoms with E-state index in [9.17, 15) is 4.79 Å². The van der Waals surface area contributed by atoms with E-state index in [4.69, 9.17) is 21.4 Å². The van der Waals surface area contributed by atoms with Gasteiger partial charge in [-0.3, -0.25) is 0 Å². The summed E-state index contributed by atoms with van der Waals surface area (Å²) in [5.74, 6) is -0.679. The summed E-state index contributed by atoms with van der Waals surface area (Å²) in [5.41, 5.74) is 0.611. The van der Waals surface area contributed by atoms with Gasteiger partial charge in [0.25, 0.3) is 0 Å². The summed E-state index contributed by atoms with van der Waals surface area (Å²) in [6.45, 7) is 0. The Labute approximate surface area is 118 Å². The highest BCUT2D eigenvalue weighted by Crippen LogP contribution is 2.28. The zero-order chi connectivity index (χ0) is 14.1. The molecule has 0 saturated carbocycles. The first kappa shape index (κ1) is 12.4. The van der Waals surface area contributed by atoms with Crippen LogP contribution in [-0.4, -0.2) is 25.7 Å². The molecule has 1 N–H and O–H groups in total. The first-order valence-electron chi connectivity index (χ1n) is 5.64. The summed E-state index contributed by atoms with van der Waals surface area (Å²) in [6.07, 6.45) is 4.79. The Hall–Kier alpha value is -2.60. The molecule has 2 aromatic heterocycles. The molecule has 20 heavy (non-hydrogen) atoms. The summed E-state index contributed by atoms with van der Waals surface area (Å²) in [6, 6.07) is 6.10. The second kappa shape index (κ2) is 4.82. The molecule has 0 fully saturated rings. The number of halogens is 1. The summed E-state index contributed by atoms with van der Waals surface area (Å²) in [4.78, 5) is 15.3. The predicted octanol–water partition coefficient (Wildman–Crippen LogP) is 2.87. The second-order valence-corrected chi connectivity index (χ2v) is 4.38. The van der Waals surface area contributed by atoms with Gasteiger partial charge in [-0.25, -0.2) is 14.3 Å². The highest BCUT2D eigenvalue weighted by Gasteiger charge is 2.14. The molecule has 0 unspecified atom stereocenters. The van der Waals surface area contributed by atoms with Crippen molar-refractivity contribution in [3.8, 4) is 11.6 Å². The van der Waals surface area contributed by atoms with Gasteiger partial charge in [-0.15, -0.1) is 0 Å². The van der Waals surface area contributed by atoms with Crippen LogP contribution in [0, 0.1) is 0 Å². The van der Waals surface area contributed by atoms with Crippen molar-refractivity contribution in [3.05, 3.63) is 53.4 Å². The van der Waals surface area contributed by atoms with Crippen LogP contribution in [0.15, 0.2) is 42.9 Å². The van der Waals surface area contributed by atoms with Gasteiger partial charge < -0.3 is 9.84 Å². The normalized spacial score (nSPS) is 10.7. The molecule has 0 radical (unpaired) electrons. The first-order chi connectivity index (χ1) is 9.65. The third-order valence-electron chi connectivity index (χ3n) is 2.67. The number of carbonyl (C=O) groups is 1. The van der Waals surface area contributed by atoms with Crippen LogP contribution in [0.3, 0.4) is 0 Å². The van der Waals surface area contributed by atoms with Gasteiger partial charge in [-0.2, -0.15) is 5.10 Å². The molecule has 0 spiro atoms. The van der Waals surface area contributed by atoms with Gasteiger partial charge in [0.15, 0.2) is 0 Å². The lowest BCUT2D eigenvalue weighted by molar-refractivity contribution is 0.0694. The van der Waals surface area contributed by atoms with Crippen LogP contribution >= 0.6 is 11.6 Å². The van der Waals surface area contributed by atoms with Gasteiger partial charge in [-0.1, -0.05) is 11.6 Å². The highest BCUT2D eigenvalue weighted by molar-refractivity contribution is 6.31. The van der Waals surface area contributed by atoms with E-state index in [0.29, 0.717) is 10.5 Å². The Kier molecular flexibility index (Phi) is 3.00. The van der Waals surface area contributed by atoms with Crippen LogP contribution in [0.25, 0.3) is 5.52 Å². The number of hydrogen-bond acceptors (Lipinski definition) is 4. The highest BCUT2D eigenvalue weighted by atomic mass is 35.5. The Morgan fingerprint density at radius 3 is 2.95 bits per heavy atom. The zero-order valence-corrected chi connectivity index (χ0v) is 10.8. The minimum absolute atomic E-state index is 0.0270. The van der Waals surface area contributed by atoms with Crippen molar-refractivity contribution in [2.75, 3.05) is 0 Å². The summed E-state index contributed by atoms with van der Waals surface area (Å²) in [7, 11) is 0. The van der Waals surface area contributed by atoms with Crippen molar-refractivity contribution in [1.82, 2.24) is 14.6 Å². The molecule has 1 aromatic carbocycles. The molecule has 0 saturated heterocycles. The van der Waals surface area contributed by atoms with E-state index in [-0.39, 0.29) is 17.2 Å². The Balaban J connectivity index is 2.07. The fourth-order valence-corrected chi connectivity index (χ4v) is 1.95. The van der Waals surface area contributed by atoms with Crippen LogP contribution in [-0.2, 0) is 0 Å². The molecule has 3 aromatic rings. The van der Waals surface area contributed by atoms with Crippen LogP contribution in [0.4, 0.5) is 0 Å². The van der Waals surface area contributed by atoms with Crippen molar-refractivity contribution in [1.29, 1.82) is 0 Å². The number of carboxylic acid groups (broad SMARTS) is 1. The number of carboxylic acids is 1. The van der Waals surface area contributed by atoms with E-state index in [2.05, 4.69) is 10.1 Å². The van der Waals surface area contributed by atoms with Crippen molar-refractivity contribution in [2.45, 2.75) is 0 Å². The summed E-state index contributed by atoms with van der Waals surface area (Å²) >= 11 is 5.79. The minimum atomic E-state index is -1.12.